The third-order valence-electron chi connectivity index (χ3n) is 1.77. The zero-order valence-corrected chi connectivity index (χ0v) is 7.00. The van der Waals surface area contributed by atoms with E-state index in [1.807, 2.05) is 25.1 Å². The molecule has 0 amide bonds. The number of Topliss-reactive ketones (excluding diaryl/α,β-unsaturated/α-hetero) is 1. The first-order valence-electron chi connectivity index (χ1n) is 3.88. The first-order valence-corrected chi connectivity index (χ1v) is 3.88. The second-order valence-electron chi connectivity index (χ2n) is 2.48. The van der Waals surface area contributed by atoms with Gasteiger partial charge in [0.05, 0.1) is 0 Å². The number of aryl methyl sites for hydroxylation is 1. The molecule has 0 aliphatic rings. The zero-order chi connectivity index (χ0) is 8.97. The highest BCUT2D eigenvalue weighted by atomic mass is 16.1. The molecule has 0 N–H and O–H groups in total. The van der Waals surface area contributed by atoms with Gasteiger partial charge >= 0.3 is 0 Å². The fourth-order valence-corrected chi connectivity index (χ4v) is 1.13. The van der Waals surface area contributed by atoms with E-state index in [9.17, 15) is 4.79 Å². The SMILES string of the molecule is C#CC(=O)c1ccccc1CC. The average molecular weight is 158 g/mol. The Hall–Kier alpha value is -1.55. The summed E-state index contributed by atoms with van der Waals surface area (Å²) in [7, 11) is 0. The van der Waals surface area contributed by atoms with Crippen molar-refractivity contribution in [3.8, 4) is 12.3 Å². The fourth-order valence-electron chi connectivity index (χ4n) is 1.13. The summed E-state index contributed by atoms with van der Waals surface area (Å²) in [4.78, 5) is 11.2. The summed E-state index contributed by atoms with van der Waals surface area (Å²) in [6, 6.07) is 7.42. The monoisotopic (exact) mass is 158 g/mol. The zero-order valence-electron chi connectivity index (χ0n) is 7.00. The van der Waals surface area contributed by atoms with Gasteiger partial charge in [0.15, 0.2) is 0 Å². The van der Waals surface area contributed by atoms with Gasteiger partial charge in [-0.15, -0.1) is 6.42 Å². The van der Waals surface area contributed by atoms with Crippen molar-refractivity contribution in [3.05, 3.63) is 35.4 Å². The molecule has 1 aromatic carbocycles. The number of hydrogen-bond donors (Lipinski definition) is 0. The maximum atomic E-state index is 11.2. The summed E-state index contributed by atoms with van der Waals surface area (Å²) in [6.07, 6.45) is 5.87. The molecule has 1 heteroatoms. The lowest BCUT2D eigenvalue weighted by atomic mass is 10.0. The van der Waals surface area contributed by atoms with Crippen molar-refractivity contribution < 1.29 is 4.79 Å². The van der Waals surface area contributed by atoms with Crippen LogP contribution in [0.2, 0.25) is 0 Å². The quantitative estimate of drug-likeness (QED) is 0.366. The highest BCUT2D eigenvalue weighted by Gasteiger charge is 2.05. The second-order valence-corrected chi connectivity index (χ2v) is 2.48. The van der Waals surface area contributed by atoms with Gasteiger partial charge in [0.2, 0.25) is 5.78 Å². The van der Waals surface area contributed by atoms with Crippen LogP contribution >= 0.6 is 0 Å². The van der Waals surface area contributed by atoms with Crippen molar-refractivity contribution in [2.45, 2.75) is 13.3 Å². The molecule has 12 heavy (non-hydrogen) atoms. The van der Waals surface area contributed by atoms with Crippen molar-refractivity contribution in [1.82, 2.24) is 0 Å². The summed E-state index contributed by atoms with van der Waals surface area (Å²) in [5, 5.41) is 0. The largest absolute Gasteiger partial charge is 0.279 e. The minimum atomic E-state index is -0.229. The predicted molar refractivity (Wildman–Crippen MR) is 49.0 cm³/mol. The number of ketones is 1. The van der Waals surface area contributed by atoms with Crippen LogP contribution in [-0.4, -0.2) is 5.78 Å². The molecule has 1 rings (SSSR count). The van der Waals surface area contributed by atoms with Crippen LogP contribution in [0.4, 0.5) is 0 Å². The first-order chi connectivity index (χ1) is 5.79. The smallest absolute Gasteiger partial charge is 0.235 e. The summed E-state index contributed by atoms with van der Waals surface area (Å²) >= 11 is 0. The van der Waals surface area contributed by atoms with Gasteiger partial charge in [-0.1, -0.05) is 31.2 Å². The number of hydrogen-bond acceptors (Lipinski definition) is 1. The van der Waals surface area contributed by atoms with Crippen molar-refractivity contribution in [3.63, 3.8) is 0 Å². The van der Waals surface area contributed by atoms with Crippen LogP contribution in [-0.2, 0) is 6.42 Å². The Morgan fingerprint density at radius 3 is 2.75 bits per heavy atom. The Bertz CT molecular complexity index is 331. The molecule has 0 heterocycles. The molecule has 0 unspecified atom stereocenters. The molecule has 0 radical (unpaired) electrons. The van der Waals surface area contributed by atoms with E-state index in [0.717, 1.165) is 12.0 Å². The maximum Gasteiger partial charge on any atom is 0.235 e. The molecular weight excluding hydrogens is 148 g/mol. The van der Waals surface area contributed by atoms with Gasteiger partial charge in [-0.3, -0.25) is 4.79 Å². The molecule has 0 fully saturated rings. The van der Waals surface area contributed by atoms with Gasteiger partial charge in [-0.2, -0.15) is 0 Å². The Morgan fingerprint density at radius 1 is 1.50 bits per heavy atom. The van der Waals surface area contributed by atoms with E-state index in [-0.39, 0.29) is 5.78 Å². The van der Waals surface area contributed by atoms with Crippen LogP contribution < -0.4 is 0 Å². The topological polar surface area (TPSA) is 17.1 Å². The third kappa shape index (κ3) is 1.54. The van der Waals surface area contributed by atoms with Crippen molar-refractivity contribution >= 4 is 5.78 Å². The van der Waals surface area contributed by atoms with Crippen molar-refractivity contribution in [2.75, 3.05) is 0 Å². The van der Waals surface area contributed by atoms with Gasteiger partial charge in [-0.25, -0.2) is 0 Å². The minimum absolute atomic E-state index is 0.229. The number of benzene rings is 1. The minimum Gasteiger partial charge on any atom is -0.279 e. The molecule has 60 valence electrons. The lowest BCUT2D eigenvalue weighted by Crippen LogP contribution is -1.99. The van der Waals surface area contributed by atoms with Gasteiger partial charge in [-0.05, 0) is 17.9 Å². The number of rotatable bonds is 2. The molecule has 0 aliphatic heterocycles. The van der Waals surface area contributed by atoms with E-state index in [4.69, 9.17) is 6.42 Å². The van der Waals surface area contributed by atoms with Crippen LogP contribution in [0.5, 0.6) is 0 Å². The molecule has 0 saturated carbocycles. The number of carbonyl (C=O) groups is 1. The highest BCUT2D eigenvalue weighted by Crippen LogP contribution is 2.09. The van der Waals surface area contributed by atoms with E-state index >= 15 is 0 Å². The number of terminal acetylenes is 1. The lowest BCUT2D eigenvalue weighted by Gasteiger charge is -2.01. The lowest BCUT2D eigenvalue weighted by molar-refractivity contribution is 0.105. The maximum absolute atomic E-state index is 11.2. The average Bonchev–Trinajstić information content (AvgIpc) is 2.16. The normalized spacial score (nSPS) is 9.00. The van der Waals surface area contributed by atoms with Crippen LogP contribution in [0.15, 0.2) is 24.3 Å². The Balaban J connectivity index is 3.15. The van der Waals surface area contributed by atoms with E-state index in [2.05, 4.69) is 5.92 Å². The van der Waals surface area contributed by atoms with E-state index < -0.39 is 0 Å². The number of carbonyl (C=O) groups excluding carboxylic acids is 1. The summed E-state index contributed by atoms with van der Waals surface area (Å²) in [5.74, 6) is 1.89. The Morgan fingerprint density at radius 2 is 2.17 bits per heavy atom. The summed E-state index contributed by atoms with van der Waals surface area (Å²) in [6.45, 7) is 2.00. The predicted octanol–water partition coefficient (Wildman–Crippen LogP) is 2.06. The van der Waals surface area contributed by atoms with Gasteiger partial charge < -0.3 is 0 Å². The molecule has 0 aliphatic carbocycles. The van der Waals surface area contributed by atoms with Crippen LogP contribution in [0.3, 0.4) is 0 Å². The summed E-state index contributed by atoms with van der Waals surface area (Å²) in [5.41, 5.74) is 1.67. The summed E-state index contributed by atoms with van der Waals surface area (Å²) < 4.78 is 0. The van der Waals surface area contributed by atoms with Gasteiger partial charge in [0.25, 0.3) is 0 Å². The van der Waals surface area contributed by atoms with E-state index in [1.54, 1.807) is 6.07 Å². The van der Waals surface area contributed by atoms with Gasteiger partial charge in [0.1, 0.15) is 0 Å². The molecule has 1 aromatic rings. The van der Waals surface area contributed by atoms with E-state index in [1.165, 1.54) is 0 Å². The van der Waals surface area contributed by atoms with Gasteiger partial charge in [0, 0.05) is 5.56 Å². The third-order valence-corrected chi connectivity index (χ3v) is 1.77. The van der Waals surface area contributed by atoms with Crippen molar-refractivity contribution in [2.24, 2.45) is 0 Å². The molecule has 0 saturated heterocycles. The Kier molecular flexibility index (Phi) is 2.66. The molecule has 0 bridgehead atoms. The first kappa shape index (κ1) is 8.55. The molecule has 0 aromatic heterocycles. The second kappa shape index (κ2) is 3.73. The molecular formula is C11H10O. The molecule has 0 spiro atoms. The highest BCUT2D eigenvalue weighted by molar-refractivity contribution is 6.09. The fraction of sp³-hybridized carbons (Fsp3) is 0.182. The van der Waals surface area contributed by atoms with E-state index in [0.29, 0.717) is 5.56 Å². The van der Waals surface area contributed by atoms with Crippen molar-refractivity contribution in [1.29, 1.82) is 0 Å². The Labute approximate surface area is 72.4 Å². The molecule has 1 nitrogen and oxygen atoms in total. The molecule has 0 atom stereocenters. The van der Waals surface area contributed by atoms with Crippen LogP contribution in [0.1, 0.15) is 22.8 Å². The van der Waals surface area contributed by atoms with Crippen LogP contribution in [0, 0.1) is 12.3 Å². The van der Waals surface area contributed by atoms with Crippen LogP contribution in [0.25, 0.3) is 0 Å². The standard InChI is InChI=1S/C11H10O/c1-3-9-7-5-6-8-10(9)11(12)4-2/h2,5-8H,3H2,1H3.